The summed E-state index contributed by atoms with van der Waals surface area (Å²) in [7, 11) is 0. The normalized spacial score (nSPS) is 15.4. The molecule has 0 bridgehead atoms. The molecular weight excluding hydrogens is 222 g/mol. The van der Waals surface area contributed by atoms with Crippen LogP contribution in [0.4, 0.5) is 5.82 Å². The molecule has 0 saturated carbocycles. The molecule has 92 valence electrons. The van der Waals surface area contributed by atoms with E-state index in [1.54, 1.807) is 0 Å². The van der Waals surface area contributed by atoms with Gasteiger partial charge in [-0.1, -0.05) is 11.6 Å². The van der Waals surface area contributed by atoms with Crippen LogP contribution < -0.4 is 21.9 Å². The van der Waals surface area contributed by atoms with Gasteiger partial charge in [-0.2, -0.15) is 0 Å². The summed E-state index contributed by atoms with van der Waals surface area (Å²) in [6.07, 6.45) is 4.08. The Balaban J connectivity index is 1.87. The van der Waals surface area contributed by atoms with E-state index in [4.69, 9.17) is 0 Å². The molecule has 1 aliphatic rings. The first kappa shape index (κ1) is 11.6. The van der Waals surface area contributed by atoms with Gasteiger partial charge in [-0.3, -0.25) is 9.78 Å². The van der Waals surface area contributed by atoms with E-state index in [0.29, 0.717) is 6.54 Å². The van der Waals surface area contributed by atoms with E-state index in [-0.39, 0.29) is 5.82 Å². The number of aromatic amines is 2. The minimum absolute atomic E-state index is 0.152. The zero-order chi connectivity index (χ0) is 12.1. The monoisotopic (exact) mass is 237 g/mol. The number of hydrogen-bond acceptors (Lipinski definition) is 5. The van der Waals surface area contributed by atoms with Gasteiger partial charge < -0.3 is 10.6 Å². The highest BCUT2D eigenvalue weighted by Gasteiger charge is 2.04. The maximum absolute atomic E-state index is 11.3. The molecule has 2 rings (SSSR count). The molecule has 0 radical (unpaired) electrons. The maximum Gasteiger partial charge on any atom is 0.342 e. The molecule has 0 aliphatic carbocycles. The van der Waals surface area contributed by atoms with Gasteiger partial charge in [0.2, 0.25) is 5.82 Å². The predicted octanol–water partition coefficient (Wildman–Crippen LogP) is -0.820. The molecule has 0 aromatic carbocycles. The molecule has 0 amide bonds. The van der Waals surface area contributed by atoms with Crippen molar-refractivity contribution in [3.05, 3.63) is 32.5 Å². The Kier molecular flexibility index (Phi) is 3.71. The largest absolute Gasteiger partial charge is 0.364 e. The van der Waals surface area contributed by atoms with E-state index in [1.807, 2.05) is 0 Å². The Morgan fingerprint density at radius 2 is 2.29 bits per heavy atom. The molecule has 1 aliphatic heterocycles. The van der Waals surface area contributed by atoms with Gasteiger partial charge in [0.05, 0.1) is 0 Å². The van der Waals surface area contributed by atoms with Gasteiger partial charge in [-0.05, 0) is 19.4 Å². The standard InChI is InChI=1S/C10H15N5O2/c16-9-8(14-15-10(17)13-9)12-6-3-7-1-4-11-5-2-7/h1,11H,2-6H2,(H,12,14)(H2,13,15,16,17). The SMILES string of the molecule is O=c1[nH]nc(NCCC2=CCNCC2)c(=O)[nH]1. The maximum atomic E-state index is 11.3. The van der Waals surface area contributed by atoms with Crippen LogP contribution in [0.3, 0.4) is 0 Å². The summed E-state index contributed by atoms with van der Waals surface area (Å²) in [5, 5.41) is 12.0. The fraction of sp³-hybridized carbons (Fsp3) is 0.500. The molecule has 2 heterocycles. The lowest BCUT2D eigenvalue weighted by Gasteiger charge is -2.13. The highest BCUT2D eigenvalue weighted by Crippen LogP contribution is 2.08. The summed E-state index contributed by atoms with van der Waals surface area (Å²) >= 11 is 0. The van der Waals surface area contributed by atoms with E-state index >= 15 is 0 Å². The molecule has 7 heteroatoms. The third-order valence-electron chi connectivity index (χ3n) is 2.61. The summed E-state index contributed by atoms with van der Waals surface area (Å²) in [6.45, 7) is 2.55. The molecule has 4 N–H and O–H groups in total. The lowest BCUT2D eigenvalue weighted by atomic mass is 10.1. The minimum Gasteiger partial charge on any atom is -0.364 e. The molecule has 0 saturated heterocycles. The van der Waals surface area contributed by atoms with Crippen LogP contribution in [-0.4, -0.2) is 34.8 Å². The topological polar surface area (TPSA) is 103 Å². The number of rotatable bonds is 4. The van der Waals surface area contributed by atoms with Gasteiger partial charge in [-0.15, -0.1) is 5.10 Å². The molecule has 7 nitrogen and oxygen atoms in total. The second-order valence-electron chi connectivity index (χ2n) is 3.85. The lowest BCUT2D eigenvalue weighted by Crippen LogP contribution is -2.27. The van der Waals surface area contributed by atoms with E-state index < -0.39 is 11.2 Å². The smallest absolute Gasteiger partial charge is 0.342 e. The Morgan fingerprint density at radius 3 is 3.00 bits per heavy atom. The average Bonchev–Trinajstić information content (AvgIpc) is 2.33. The Bertz CT molecular complexity index is 516. The summed E-state index contributed by atoms with van der Waals surface area (Å²) in [6, 6.07) is 0. The first-order valence-corrected chi connectivity index (χ1v) is 5.57. The number of aromatic nitrogens is 3. The molecule has 0 unspecified atom stereocenters. The van der Waals surface area contributed by atoms with Crippen LogP contribution in [0.5, 0.6) is 0 Å². The fourth-order valence-electron chi connectivity index (χ4n) is 1.71. The number of nitrogens with one attached hydrogen (secondary N) is 4. The predicted molar refractivity (Wildman–Crippen MR) is 64.2 cm³/mol. The van der Waals surface area contributed by atoms with E-state index in [9.17, 15) is 9.59 Å². The molecule has 1 aromatic rings. The van der Waals surface area contributed by atoms with Crippen LogP contribution in [0.2, 0.25) is 0 Å². The first-order chi connectivity index (χ1) is 8.25. The number of nitrogens with zero attached hydrogens (tertiary/aromatic N) is 1. The Labute approximate surface area is 97.3 Å². The quantitative estimate of drug-likeness (QED) is 0.512. The van der Waals surface area contributed by atoms with Crippen molar-refractivity contribution >= 4 is 5.82 Å². The van der Waals surface area contributed by atoms with Crippen molar-refractivity contribution in [3.8, 4) is 0 Å². The van der Waals surface area contributed by atoms with E-state index in [2.05, 4.69) is 31.9 Å². The summed E-state index contributed by atoms with van der Waals surface area (Å²) in [4.78, 5) is 24.2. The van der Waals surface area contributed by atoms with Crippen molar-refractivity contribution < 1.29 is 0 Å². The van der Waals surface area contributed by atoms with Gasteiger partial charge in [0, 0.05) is 13.1 Å². The number of hydrogen-bond donors (Lipinski definition) is 4. The molecular formula is C10H15N5O2. The molecule has 1 aromatic heterocycles. The van der Waals surface area contributed by atoms with Crippen molar-refractivity contribution in [3.63, 3.8) is 0 Å². The average molecular weight is 237 g/mol. The van der Waals surface area contributed by atoms with Crippen LogP contribution in [0.25, 0.3) is 0 Å². The Hall–Kier alpha value is -1.89. The van der Waals surface area contributed by atoms with Crippen LogP contribution in [-0.2, 0) is 0 Å². The molecule has 0 spiro atoms. The van der Waals surface area contributed by atoms with Gasteiger partial charge in [0.15, 0.2) is 0 Å². The van der Waals surface area contributed by atoms with Crippen LogP contribution >= 0.6 is 0 Å². The summed E-state index contributed by atoms with van der Waals surface area (Å²) < 4.78 is 0. The van der Waals surface area contributed by atoms with Crippen molar-refractivity contribution in [1.82, 2.24) is 20.5 Å². The van der Waals surface area contributed by atoms with E-state index in [0.717, 1.165) is 25.9 Å². The molecule has 17 heavy (non-hydrogen) atoms. The Morgan fingerprint density at radius 1 is 1.41 bits per heavy atom. The van der Waals surface area contributed by atoms with Crippen LogP contribution in [0.1, 0.15) is 12.8 Å². The fourth-order valence-corrected chi connectivity index (χ4v) is 1.71. The van der Waals surface area contributed by atoms with Gasteiger partial charge in [0.25, 0.3) is 5.56 Å². The zero-order valence-electron chi connectivity index (χ0n) is 9.38. The van der Waals surface area contributed by atoms with Crippen molar-refractivity contribution in [1.29, 1.82) is 0 Å². The van der Waals surface area contributed by atoms with Crippen molar-refractivity contribution in [2.75, 3.05) is 25.0 Å². The van der Waals surface area contributed by atoms with Gasteiger partial charge in [0.1, 0.15) is 0 Å². The van der Waals surface area contributed by atoms with Gasteiger partial charge in [-0.25, -0.2) is 9.89 Å². The lowest BCUT2D eigenvalue weighted by molar-refractivity contribution is 0.683. The van der Waals surface area contributed by atoms with Crippen LogP contribution in [0, 0.1) is 0 Å². The third kappa shape index (κ3) is 3.28. The highest BCUT2D eigenvalue weighted by molar-refractivity contribution is 5.29. The second-order valence-corrected chi connectivity index (χ2v) is 3.85. The second kappa shape index (κ2) is 5.44. The minimum atomic E-state index is -0.596. The van der Waals surface area contributed by atoms with Crippen molar-refractivity contribution in [2.24, 2.45) is 0 Å². The third-order valence-corrected chi connectivity index (χ3v) is 2.61. The summed E-state index contributed by atoms with van der Waals surface area (Å²) in [5.41, 5.74) is 0.284. The number of anilines is 1. The number of H-pyrrole nitrogens is 2. The first-order valence-electron chi connectivity index (χ1n) is 5.57. The van der Waals surface area contributed by atoms with Crippen LogP contribution in [0.15, 0.2) is 21.2 Å². The van der Waals surface area contributed by atoms with Gasteiger partial charge >= 0.3 is 5.69 Å². The van der Waals surface area contributed by atoms with E-state index in [1.165, 1.54) is 5.57 Å². The van der Waals surface area contributed by atoms with Crippen molar-refractivity contribution in [2.45, 2.75) is 12.8 Å². The highest BCUT2D eigenvalue weighted by atomic mass is 16.2. The summed E-state index contributed by atoms with van der Waals surface area (Å²) in [5.74, 6) is 0.152. The zero-order valence-corrected chi connectivity index (χ0v) is 9.38. The molecule has 0 fully saturated rings. The molecule has 0 atom stereocenters.